The first kappa shape index (κ1) is 22.0. The molecule has 0 aliphatic rings. The van der Waals surface area contributed by atoms with Crippen molar-refractivity contribution in [3.8, 4) is 11.5 Å². The lowest BCUT2D eigenvalue weighted by Gasteiger charge is -2.18. The van der Waals surface area contributed by atoms with E-state index in [9.17, 15) is 13.2 Å². The quantitative estimate of drug-likeness (QED) is 0.734. The third kappa shape index (κ3) is 4.95. The Morgan fingerprint density at radius 2 is 1.79 bits per heavy atom. The van der Waals surface area contributed by atoms with E-state index in [1.807, 2.05) is 6.92 Å². The van der Waals surface area contributed by atoms with Gasteiger partial charge in [-0.1, -0.05) is 11.6 Å². The SMILES string of the molecule is COc1ccc(S(=O)(=O)N(C)C)cc1NC(=O)[C@@H](C)Oc1ccc(Cl)cc1C. The van der Waals surface area contributed by atoms with Crippen LogP contribution in [0.5, 0.6) is 11.5 Å². The molecule has 0 unspecified atom stereocenters. The predicted molar refractivity (Wildman–Crippen MR) is 109 cm³/mol. The Morgan fingerprint density at radius 1 is 1.14 bits per heavy atom. The third-order valence-corrected chi connectivity index (χ3v) is 6.06. The van der Waals surface area contributed by atoms with Gasteiger partial charge in [0.05, 0.1) is 17.7 Å². The molecule has 9 heteroatoms. The Morgan fingerprint density at radius 3 is 2.36 bits per heavy atom. The molecule has 0 aliphatic carbocycles. The summed E-state index contributed by atoms with van der Waals surface area (Å²) in [5.74, 6) is 0.413. The fraction of sp³-hybridized carbons (Fsp3) is 0.316. The minimum absolute atomic E-state index is 0.0377. The van der Waals surface area contributed by atoms with Crippen LogP contribution in [0.1, 0.15) is 12.5 Å². The first-order chi connectivity index (χ1) is 13.1. The van der Waals surface area contributed by atoms with Crippen LogP contribution in [0.2, 0.25) is 5.02 Å². The average Bonchev–Trinajstić information content (AvgIpc) is 2.63. The molecule has 0 saturated carbocycles. The molecule has 1 amide bonds. The summed E-state index contributed by atoms with van der Waals surface area (Å²) in [6.07, 6.45) is -0.835. The van der Waals surface area contributed by atoms with Gasteiger partial charge in [-0.05, 0) is 55.8 Å². The van der Waals surface area contributed by atoms with E-state index in [0.717, 1.165) is 9.87 Å². The van der Waals surface area contributed by atoms with Crippen LogP contribution in [0.4, 0.5) is 5.69 Å². The molecular weight excluding hydrogens is 404 g/mol. The van der Waals surface area contributed by atoms with Gasteiger partial charge in [-0.2, -0.15) is 0 Å². The van der Waals surface area contributed by atoms with Crippen molar-refractivity contribution in [2.24, 2.45) is 0 Å². The van der Waals surface area contributed by atoms with Gasteiger partial charge in [0.25, 0.3) is 5.91 Å². The van der Waals surface area contributed by atoms with Gasteiger partial charge in [0.1, 0.15) is 11.5 Å². The van der Waals surface area contributed by atoms with Crippen molar-refractivity contribution in [3.63, 3.8) is 0 Å². The van der Waals surface area contributed by atoms with E-state index in [-0.39, 0.29) is 10.6 Å². The van der Waals surface area contributed by atoms with E-state index in [0.29, 0.717) is 16.5 Å². The molecule has 0 heterocycles. The Labute approximate surface area is 170 Å². The maximum Gasteiger partial charge on any atom is 0.265 e. The highest BCUT2D eigenvalue weighted by atomic mass is 35.5. The van der Waals surface area contributed by atoms with Crippen molar-refractivity contribution >= 4 is 33.2 Å². The van der Waals surface area contributed by atoms with Crippen LogP contribution in [-0.2, 0) is 14.8 Å². The van der Waals surface area contributed by atoms with Gasteiger partial charge in [0, 0.05) is 19.1 Å². The fourth-order valence-electron chi connectivity index (χ4n) is 2.38. The number of carbonyl (C=O) groups is 1. The number of rotatable bonds is 7. The highest BCUT2D eigenvalue weighted by Gasteiger charge is 2.22. The number of benzene rings is 2. The van der Waals surface area contributed by atoms with Gasteiger partial charge in [-0.15, -0.1) is 0 Å². The van der Waals surface area contributed by atoms with E-state index >= 15 is 0 Å². The second kappa shape index (κ2) is 8.81. The number of halogens is 1. The summed E-state index contributed by atoms with van der Waals surface area (Å²) in [7, 11) is 0.642. The van der Waals surface area contributed by atoms with Crippen molar-refractivity contribution in [2.75, 3.05) is 26.5 Å². The molecule has 0 radical (unpaired) electrons. The number of anilines is 1. The van der Waals surface area contributed by atoms with Crippen LogP contribution in [0.3, 0.4) is 0 Å². The number of carbonyl (C=O) groups excluding carboxylic acids is 1. The minimum Gasteiger partial charge on any atom is -0.495 e. The summed E-state index contributed by atoms with van der Waals surface area (Å²) in [5, 5.41) is 3.24. The Hall–Kier alpha value is -2.29. The minimum atomic E-state index is -3.66. The van der Waals surface area contributed by atoms with Gasteiger partial charge in [-0.3, -0.25) is 4.79 Å². The molecule has 0 bridgehead atoms. The second-order valence-corrected chi connectivity index (χ2v) is 8.90. The molecule has 1 N–H and O–H groups in total. The molecule has 0 aromatic heterocycles. The zero-order valence-electron chi connectivity index (χ0n) is 16.3. The smallest absolute Gasteiger partial charge is 0.265 e. The fourth-order valence-corrected chi connectivity index (χ4v) is 3.53. The van der Waals surface area contributed by atoms with Crippen molar-refractivity contribution in [1.82, 2.24) is 4.31 Å². The first-order valence-corrected chi connectivity index (χ1v) is 10.2. The molecular formula is C19H23ClN2O5S. The van der Waals surface area contributed by atoms with Gasteiger partial charge in [-0.25, -0.2) is 12.7 Å². The van der Waals surface area contributed by atoms with E-state index in [2.05, 4.69) is 5.32 Å². The summed E-state index contributed by atoms with van der Waals surface area (Å²) < 4.78 is 36.7. The average molecular weight is 427 g/mol. The Balaban J connectivity index is 2.24. The van der Waals surface area contributed by atoms with E-state index in [1.54, 1.807) is 25.1 Å². The lowest BCUT2D eigenvalue weighted by atomic mass is 10.2. The number of ether oxygens (including phenoxy) is 2. The zero-order chi connectivity index (χ0) is 21.1. The predicted octanol–water partition coefficient (Wildman–Crippen LogP) is 3.31. The maximum atomic E-state index is 12.6. The number of sulfonamides is 1. The molecule has 0 saturated heterocycles. The number of nitrogens with zero attached hydrogens (tertiary/aromatic N) is 1. The van der Waals surface area contributed by atoms with Crippen molar-refractivity contribution < 1.29 is 22.7 Å². The first-order valence-electron chi connectivity index (χ1n) is 8.40. The van der Waals surface area contributed by atoms with Crippen LogP contribution in [0.25, 0.3) is 0 Å². The number of hydrogen-bond donors (Lipinski definition) is 1. The molecule has 0 aliphatic heterocycles. The van der Waals surface area contributed by atoms with Crippen molar-refractivity contribution in [3.05, 3.63) is 47.0 Å². The highest BCUT2D eigenvalue weighted by molar-refractivity contribution is 7.89. The highest BCUT2D eigenvalue weighted by Crippen LogP contribution is 2.29. The second-order valence-electron chi connectivity index (χ2n) is 6.31. The molecule has 2 rings (SSSR count). The summed E-state index contributed by atoms with van der Waals surface area (Å²) in [5.41, 5.74) is 1.03. The van der Waals surface area contributed by atoms with Gasteiger partial charge in [0.2, 0.25) is 10.0 Å². The summed E-state index contributed by atoms with van der Waals surface area (Å²) in [6, 6.07) is 9.35. The van der Waals surface area contributed by atoms with Gasteiger partial charge >= 0.3 is 0 Å². The molecule has 28 heavy (non-hydrogen) atoms. The molecule has 1 atom stereocenters. The lowest BCUT2D eigenvalue weighted by Crippen LogP contribution is -2.30. The standard InChI is InChI=1S/C19H23ClN2O5S/c1-12-10-14(20)6-8-17(12)27-13(2)19(23)21-16-11-15(7-9-18(16)26-5)28(24,25)22(3)4/h6-11,13H,1-5H3,(H,21,23)/t13-/m1/s1. The van der Waals surface area contributed by atoms with Crippen molar-refractivity contribution in [1.29, 1.82) is 0 Å². The normalized spacial score (nSPS) is 12.5. The summed E-state index contributed by atoms with van der Waals surface area (Å²) in [6.45, 7) is 3.42. The van der Waals surface area contributed by atoms with Gasteiger partial charge in [0.15, 0.2) is 6.10 Å². The lowest BCUT2D eigenvalue weighted by molar-refractivity contribution is -0.122. The topological polar surface area (TPSA) is 84.9 Å². The molecule has 152 valence electrons. The third-order valence-electron chi connectivity index (χ3n) is 4.02. The molecule has 0 fully saturated rings. The summed E-state index contributed by atoms with van der Waals surface area (Å²) >= 11 is 5.93. The van der Waals surface area contributed by atoms with Crippen LogP contribution in [-0.4, -0.2) is 45.9 Å². The molecule has 2 aromatic rings. The molecule has 2 aromatic carbocycles. The number of nitrogens with one attached hydrogen (secondary N) is 1. The maximum absolute atomic E-state index is 12.6. The molecule has 7 nitrogen and oxygen atoms in total. The summed E-state index contributed by atoms with van der Waals surface area (Å²) in [4.78, 5) is 12.6. The van der Waals surface area contributed by atoms with E-state index < -0.39 is 22.0 Å². The van der Waals surface area contributed by atoms with Crippen molar-refractivity contribution in [2.45, 2.75) is 24.8 Å². The molecule has 0 spiro atoms. The van der Waals surface area contributed by atoms with Crippen LogP contribution >= 0.6 is 11.6 Å². The number of aryl methyl sites for hydroxylation is 1. The van der Waals surface area contributed by atoms with Crippen LogP contribution < -0.4 is 14.8 Å². The largest absolute Gasteiger partial charge is 0.495 e. The monoisotopic (exact) mass is 426 g/mol. The number of amides is 1. The Bertz CT molecular complexity index is 976. The van der Waals surface area contributed by atoms with Crippen LogP contribution in [0, 0.1) is 6.92 Å². The van der Waals surface area contributed by atoms with Crippen LogP contribution in [0.15, 0.2) is 41.3 Å². The van der Waals surface area contributed by atoms with E-state index in [1.165, 1.54) is 39.4 Å². The number of hydrogen-bond acceptors (Lipinski definition) is 5. The van der Waals surface area contributed by atoms with Gasteiger partial charge < -0.3 is 14.8 Å². The number of methoxy groups -OCH3 is 1. The van der Waals surface area contributed by atoms with E-state index in [4.69, 9.17) is 21.1 Å². The zero-order valence-corrected chi connectivity index (χ0v) is 17.9. The Kier molecular flexibility index (Phi) is 6.92.